The highest BCUT2D eigenvalue weighted by Crippen LogP contribution is 2.42. The SMILES string of the molecule is CCOC1CC(NC(C)CS(=O)(=O)CC)C1(C)C. The van der Waals surface area contributed by atoms with Gasteiger partial charge in [-0.05, 0) is 20.3 Å². The van der Waals surface area contributed by atoms with Crippen LogP contribution in [0.4, 0.5) is 0 Å². The summed E-state index contributed by atoms with van der Waals surface area (Å²) < 4.78 is 28.8. The summed E-state index contributed by atoms with van der Waals surface area (Å²) in [7, 11) is -2.90. The summed E-state index contributed by atoms with van der Waals surface area (Å²) in [6, 6.07) is 0.345. The molecular weight excluding hydrogens is 250 g/mol. The zero-order valence-corrected chi connectivity index (χ0v) is 13.0. The average molecular weight is 277 g/mol. The van der Waals surface area contributed by atoms with Crippen LogP contribution in [-0.4, -0.2) is 44.7 Å². The standard InChI is InChI=1S/C13H27NO3S/c1-6-17-12-8-11(13(12,4)5)14-10(3)9-18(15,16)7-2/h10-12,14H,6-9H2,1-5H3. The highest BCUT2D eigenvalue weighted by atomic mass is 32.2. The molecule has 5 heteroatoms. The van der Waals surface area contributed by atoms with E-state index in [1.807, 2.05) is 13.8 Å². The van der Waals surface area contributed by atoms with Gasteiger partial charge < -0.3 is 10.1 Å². The van der Waals surface area contributed by atoms with E-state index in [1.165, 1.54) is 0 Å². The number of rotatable bonds is 7. The van der Waals surface area contributed by atoms with Crippen molar-refractivity contribution in [3.63, 3.8) is 0 Å². The molecule has 0 aromatic carbocycles. The lowest BCUT2D eigenvalue weighted by Crippen LogP contribution is -2.63. The molecule has 0 radical (unpaired) electrons. The molecule has 0 bridgehead atoms. The third-order valence-electron chi connectivity index (χ3n) is 3.98. The molecule has 1 N–H and O–H groups in total. The van der Waals surface area contributed by atoms with Crippen LogP contribution in [0.15, 0.2) is 0 Å². The van der Waals surface area contributed by atoms with Crippen molar-refractivity contribution in [2.45, 2.75) is 59.2 Å². The topological polar surface area (TPSA) is 55.4 Å². The van der Waals surface area contributed by atoms with Crippen LogP contribution in [0, 0.1) is 5.41 Å². The van der Waals surface area contributed by atoms with Crippen molar-refractivity contribution in [2.24, 2.45) is 5.41 Å². The molecule has 108 valence electrons. The highest BCUT2D eigenvalue weighted by molar-refractivity contribution is 7.91. The number of hydrogen-bond acceptors (Lipinski definition) is 4. The Morgan fingerprint density at radius 1 is 1.39 bits per heavy atom. The van der Waals surface area contributed by atoms with E-state index in [9.17, 15) is 8.42 Å². The molecule has 1 aliphatic carbocycles. The molecule has 4 nitrogen and oxygen atoms in total. The van der Waals surface area contributed by atoms with Crippen molar-refractivity contribution in [1.82, 2.24) is 5.32 Å². The van der Waals surface area contributed by atoms with E-state index >= 15 is 0 Å². The van der Waals surface area contributed by atoms with Gasteiger partial charge in [-0.2, -0.15) is 0 Å². The number of sulfone groups is 1. The number of hydrogen-bond donors (Lipinski definition) is 1. The van der Waals surface area contributed by atoms with Gasteiger partial charge in [-0.1, -0.05) is 20.8 Å². The van der Waals surface area contributed by atoms with Gasteiger partial charge in [-0.15, -0.1) is 0 Å². The fraction of sp³-hybridized carbons (Fsp3) is 1.00. The van der Waals surface area contributed by atoms with Crippen LogP contribution in [-0.2, 0) is 14.6 Å². The van der Waals surface area contributed by atoms with Crippen LogP contribution in [0.25, 0.3) is 0 Å². The Hall–Kier alpha value is -0.130. The third kappa shape index (κ3) is 3.68. The lowest BCUT2D eigenvalue weighted by molar-refractivity contribution is -0.115. The number of ether oxygens (including phenoxy) is 1. The van der Waals surface area contributed by atoms with Crippen molar-refractivity contribution in [1.29, 1.82) is 0 Å². The van der Waals surface area contributed by atoms with Crippen LogP contribution in [0.2, 0.25) is 0 Å². The van der Waals surface area contributed by atoms with Gasteiger partial charge >= 0.3 is 0 Å². The molecule has 3 atom stereocenters. The minimum Gasteiger partial charge on any atom is -0.378 e. The van der Waals surface area contributed by atoms with Crippen LogP contribution < -0.4 is 5.32 Å². The van der Waals surface area contributed by atoms with Gasteiger partial charge in [0.25, 0.3) is 0 Å². The Labute approximate surface area is 111 Å². The molecule has 0 aromatic heterocycles. The molecule has 0 amide bonds. The maximum Gasteiger partial charge on any atom is 0.151 e. The monoisotopic (exact) mass is 277 g/mol. The van der Waals surface area contributed by atoms with Crippen molar-refractivity contribution < 1.29 is 13.2 Å². The van der Waals surface area contributed by atoms with E-state index in [0.717, 1.165) is 13.0 Å². The quantitative estimate of drug-likeness (QED) is 0.768. The molecule has 3 unspecified atom stereocenters. The first kappa shape index (κ1) is 15.9. The Balaban J connectivity index is 2.46. The maximum atomic E-state index is 11.6. The second-order valence-electron chi connectivity index (χ2n) is 5.82. The van der Waals surface area contributed by atoms with Crippen LogP contribution in [0.5, 0.6) is 0 Å². The first-order chi connectivity index (χ1) is 8.23. The first-order valence-corrected chi connectivity index (χ1v) is 8.63. The van der Waals surface area contributed by atoms with E-state index in [-0.39, 0.29) is 29.1 Å². The predicted molar refractivity (Wildman–Crippen MR) is 74.5 cm³/mol. The van der Waals surface area contributed by atoms with Crippen molar-refractivity contribution >= 4 is 9.84 Å². The summed E-state index contributed by atoms with van der Waals surface area (Å²) in [6.45, 7) is 10.7. The molecule has 0 heterocycles. The number of nitrogens with one attached hydrogen (secondary N) is 1. The lowest BCUT2D eigenvalue weighted by atomic mass is 9.64. The lowest BCUT2D eigenvalue weighted by Gasteiger charge is -2.52. The molecule has 0 aromatic rings. The minimum atomic E-state index is -2.90. The summed E-state index contributed by atoms with van der Waals surface area (Å²) in [5.74, 6) is 0.435. The Kier molecular flexibility index (Phi) is 5.21. The van der Waals surface area contributed by atoms with E-state index in [0.29, 0.717) is 6.04 Å². The van der Waals surface area contributed by atoms with Gasteiger partial charge in [0.2, 0.25) is 0 Å². The van der Waals surface area contributed by atoms with Gasteiger partial charge in [0.05, 0.1) is 11.9 Å². The van der Waals surface area contributed by atoms with E-state index < -0.39 is 9.84 Å². The fourth-order valence-electron chi connectivity index (χ4n) is 2.54. The van der Waals surface area contributed by atoms with E-state index in [4.69, 9.17) is 4.74 Å². The Bertz CT molecular complexity index is 364. The largest absolute Gasteiger partial charge is 0.378 e. The highest BCUT2D eigenvalue weighted by Gasteiger charge is 2.49. The van der Waals surface area contributed by atoms with Gasteiger partial charge in [0.1, 0.15) is 0 Å². The second-order valence-corrected chi connectivity index (χ2v) is 8.22. The minimum absolute atomic E-state index is 0.00167. The molecule has 0 spiro atoms. The molecule has 1 fully saturated rings. The maximum absolute atomic E-state index is 11.6. The zero-order chi connectivity index (χ0) is 14.0. The van der Waals surface area contributed by atoms with Gasteiger partial charge in [-0.3, -0.25) is 0 Å². The van der Waals surface area contributed by atoms with E-state index in [1.54, 1.807) is 6.92 Å². The molecular formula is C13H27NO3S. The van der Waals surface area contributed by atoms with Gasteiger partial charge in [-0.25, -0.2) is 8.42 Å². The third-order valence-corrected chi connectivity index (χ3v) is 5.86. The van der Waals surface area contributed by atoms with Crippen LogP contribution in [0.3, 0.4) is 0 Å². The predicted octanol–water partition coefficient (Wildman–Crippen LogP) is 1.60. The average Bonchev–Trinajstić information content (AvgIpc) is 2.27. The fourth-order valence-corrected chi connectivity index (χ4v) is 3.64. The summed E-state index contributed by atoms with van der Waals surface area (Å²) in [6.07, 6.45) is 1.26. The molecule has 1 aliphatic rings. The summed E-state index contributed by atoms with van der Waals surface area (Å²) in [4.78, 5) is 0. The summed E-state index contributed by atoms with van der Waals surface area (Å²) >= 11 is 0. The van der Waals surface area contributed by atoms with Crippen molar-refractivity contribution in [3.05, 3.63) is 0 Å². The molecule has 0 aliphatic heterocycles. The summed E-state index contributed by atoms with van der Waals surface area (Å²) in [5, 5.41) is 3.43. The zero-order valence-electron chi connectivity index (χ0n) is 12.2. The van der Waals surface area contributed by atoms with E-state index in [2.05, 4.69) is 19.2 Å². The molecule has 18 heavy (non-hydrogen) atoms. The Morgan fingerprint density at radius 2 is 2.00 bits per heavy atom. The van der Waals surface area contributed by atoms with Crippen molar-refractivity contribution in [3.8, 4) is 0 Å². The molecule has 1 saturated carbocycles. The Morgan fingerprint density at radius 3 is 2.44 bits per heavy atom. The smallest absolute Gasteiger partial charge is 0.151 e. The molecule has 1 rings (SSSR count). The molecule has 0 saturated heterocycles. The van der Waals surface area contributed by atoms with Gasteiger partial charge in [0.15, 0.2) is 9.84 Å². The second kappa shape index (κ2) is 5.88. The van der Waals surface area contributed by atoms with Gasteiger partial charge in [0, 0.05) is 29.9 Å². The first-order valence-electron chi connectivity index (χ1n) is 6.81. The van der Waals surface area contributed by atoms with Crippen molar-refractivity contribution in [2.75, 3.05) is 18.1 Å². The normalized spacial score (nSPS) is 28.7. The van der Waals surface area contributed by atoms with Crippen LogP contribution >= 0.6 is 0 Å². The summed E-state index contributed by atoms with van der Waals surface area (Å²) in [5.41, 5.74) is 0.0836. The van der Waals surface area contributed by atoms with Crippen LogP contribution in [0.1, 0.15) is 41.0 Å².